The van der Waals surface area contributed by atoms with E-state index in [1.54, 1.807) is 12.1 Å². The van der Waals surface area contributed by atoms with Gasteiger partial charge in [-0.3, -0.25) is 10.1 Å². The van der Waals surface area contributed by atoms with Gasteiger partial charge in [-0.15, -0.1) is 0 Å². The van der Waals surface area contributed by atoms with Crippen LogP contribution in [-0.2, 0) is 0 Å². The first kappa shape index (κ1) is 15.3. The van der Waals surface area contributed by atoms with Crippen LogP contribution in [0.4, 0.5) is 11.7 Å². The molecular formula is C15H21N3O3. The molecular weight excluding hydrogens is 270 g/mol. The SMILES string of the molecule is CCCCC(CC)CNc1nc2c([N+](=O)[O-])cccc2o1. The molecule has 1 N–H and O–H groups in total. The fraction of sp³-hybridized carbons (Fsp3) is 0.533. The molecule has 0 aliphatic carbocycles. The minimum Gasteiger partial charge on any atom is -0.423 e. The van der Waals surface area contributed by atoms with E-state index in [2.05, 4.69) is 24.1 Å². The molecule has 0 aliphatic heterocycles. The van der Waals surface area contributed by atoms with Crippen molar-refractivity contribution in [2.24, 2.45) is 5.92 Å². The van der Waals surface area contributed by atoms with Gasteiger partial charge < -0.3 is 9.73 Å². The van der Waals surface area contributed by atoms with E-state index in [4.69, 9.17) is 4.42 Å². The molecule has 0 saturated carbocycles. The van der Waals surface area contributed by atoms with E-state index in [0.29, 0.717) is 23.0 Å². The molecule has 6 nitrogen and oxygen atoms in total. The Bertz CT molecular complexity index is 609. The molecule has 0 spiro atoms. The molecule has 114 valence electrons. The summed E-state index contributed by atoms with van der Waals surface area (Å²) < 4.78 is 5.53. The van der Waals surface area contributed by atoms with Crippen molar-refractivity contribution in [3.05, 3.63) is 28.3 Å². The van der Waals surface area contributed by atoms with Gasteiger partial charge in [0.25, 0.3) is 11.7 Å². The quantitative estimate of drug-likeness (QED) is 0.577. The van der Waals surface area contributed by atoms with Crippen molar-refractivity contribution in [3.63, 3.8) is 0 Å². The van der Waals surface area contributed by atoms with Crippen molar-refractivity contribution in [1.29, 1.82) is 0 Å². The van der Waals surface area contributed by atoms with E-state index >= 15 is 0 Å². The molecule has 1 atom stereocenters. The molecule has 1 aromatic carbocycles. The predicted molar refractivity (Wildman–Crippen MR) is 82.5 cm³/mol. The number of aromatic nitrogens is 1. The first-order chi connectivity index (χ1) is 10.2. The highest BCUT2D eigenvalue weighted by molar-refractivity contribution is 5.83. The van der Waals surface area contributed by atoms with Crippen molar-refractivity contribution in [2.75, 3.05) is 11.9 Å². The van der Waals surface area contributed by atoms with Crippen LogP contribution in [0.5, 0.6) is 0 Å². The highest BCUT2D eigenvalue weighted by atomic mass is 16.6. The molecule has 0 fully saturated rings. The predicted octanol–water partition coefficient (Wildman–Crippen LogP) is 4.36. The summed E-state index contributed by atoms with van der Waals surface area (Å²) in [6, 6.07) is 5.08. The summed E-state index contributed by atoms with van der Waals surface area (Å²) >= 11 is 0. The Balaban J connectivity index is 2.09. The second-order valence-electron chi connectivity index (χ2n) is 5.20. The second-order valence-corrected chi connectivity index (χ2v) is 5.20. The lowest BCUT2D eigenvalue weighted by molar-refractivity contribution is -0.383. The molecule has 2 rings (SSSR count). The number of para-hydroxylation sites is 1. The lowest BCUT2D eigenvalue weighted by Crippen LogP contribution is -2.13. The molecule has 1 aromatic heterocycles. The number of hydrogen-bond donors (Lipinski definition) is 1. The number of nitro groups is 1. The highest BCUT2D eigenvalue weighted by Crippen LogP contribution is 2.27. The summed E-state index contributed by atoms with van der Waals surface area (Å²) in [6.45, 7) is 5.12. The van der Waals surface area contributed by atoms with Crippen molar-refractivity contribution in [1.82, 2.24) is 4.98 Å². The van der Waals surface area contributed by atoms with Crippen molar-refractivity contribution in [3.8, 4) is 0 Å². The average molecular weight is 291 g/mol. The Morgan fingerprint density at radius 3 is 2.90 bits per heavy atom. The number of oxazole rings is 1. The molecule has 0 saturated heterocycles. The second kappa shape index (κ2) is 7.06. The van der Waals surface area contributed by atoms with E-state index in [1.807, 2.05) is 0 Å². The lowest BCUT2D eigenvalue weighted by atomic mass is 9.99. The molecule has 0 aliphatic rings. The minimum atomic E-state index is -0.440. The zero-order valence-corrected chi connectivity index (χ0v) is 12.5. The molecule has 1 heterocycles. The molecule has 2 aromatic rings. The van der Waals surface area contributed by atoms with Crippen LogP contribution in [0, 0.1) is 16.0 Å². The van der Waals surface area contributed by atoms with Crippen LogP contribution in [0.2, 0.25) is 0 Å². The molecule has 21 heavy (non-hydrogen) atoms. The highest BCUT2D eigenvalue weighted by Gasteiger charge is 2.17. The number of benzene rings is 1. The summed E-state index contributed by atoms with van der Waals surface area (Å²) in [5.74, 6) is 0.565. The number of unbranched alkanes of at least 4 members (excludes halogenated alkanes) is 1. The molecule has 0 bridgehead atoms. The van der Waals surface area contributed by atoms with Gasteiger partial charge in [-0.1, -0.05) is 39.2 Å². The van der Waals surface area contributed by atoms with Gasteiger partial charge in [0.1, 0.15) is 0 Å². The van der Waals surface area contributed by atoms with Gasteiger partial charge in [-0.05, 0) is 18.4 Å². The normalized spacial score (nSPS) is 12.5. The number of hydrogen-bond acceptors (Lipinski definition) is 5. The average Bonchev–Trinajstić information content (AvgIpc) is 2.89. The van der Waals surface area contributed by atoms with Gasteiger partial charge in [0.2, 0.25) is 0 Å². The zero-order valence-electron chi connectivity index (χ0n) is 12.5. The van der Waals surface area contributed by atoms with E-state index in [0.717, 1.165) is 13.0 Å². The van der Waals surface area contributed by atoms with Crippen LogP contribution >= 0.6 is 0 Å². The lowest BCUT2D eigenvalue weighted by Gasteiger charge is -2.13. The van der Waals surface area contributed by atoms with E-state index in [-0.39, 0.29) is 5.69 Å². The van der Waals surface area contributed by atoms with Crippen LogP contribution in [0.25, 0.3) is 11.1 Å². The maximum atomic E-state index is 11.0. The summed E-state index contributed by atoms with van der Waals surface area (Å²) in [7, 11) is 0. The van der Waals surface area contributed by atoms with Gasteiger partial charge in [0.15, 0.2) is 11.1 Å². The summed E-state index contributed by atoms with van der Waals surface area (Å²) in [5.41, 5.74) is 0.710. The minimum absolute atomic E-state index is 0.0256. The van der Waals surface area contributed by atoms with Crippen molar-refractivity contribution in [2.45, 2.75) is 39.5 Å². The summed E-state index contributed by atoms with van der Waals surface area (Å²) in [4.78, 5) is 14.7. The van der Waals surface area contributed by atoms with Gasteiger partial charge in [0.05, 0.1) is 4.92 Å². The van der Waals surface area contributed by atoms with Crippen LogP contribution in [-0.4, -0.2) is 16.5 Å². The van der Waals surface area contributed by atoms with Crippen LogP contribution < -0.4 is 5.32 Å². The Hall–Kier alpha value is -2.11. The summed E-state index contributed by atoms with van der Waals surface area (Å²) in [5, 5.41) is 14.1. The molecule has 6 heteroatoms. The first-order valence-corrected chi connectivity index (χ1v) is 7.43. The molecule has 1 unspecified atom stereocenters. The third-order valence-electron chi connectivity index (χ3n) is 3.68. The van der Waals surface area contributed by atoms with Gasteiger partial charge in [0, 0.05) is 12.6 Å². The number of rotatable bonds is 8. The standard InChI is InChI=1S/C15H21N3O3/c1-3-5-7-11(4-2)10-16-15-17-14-12(18(19)20)8-6-9-13(14)21-15/h6,8-9,11H,3-5,7,10H2,1-2H3,(H,16,17). The summed E-state index contributed by atoms with van der Waals surface area (Å²) in [6.07, 6.45) is 4.65. The number of nitrogens with one attached hydrogen (secondary N) is 1. The smallest absolute Gasteiger partial charge is 0.298 e. The van der Waals surface area contributed by atoms with E-state index in [1.165, 1.54) is 25.3 Å². The number of nitro benzene ring substituents is 1. The number of fused-ring (bicyclic) bond motifs is 1. The number of anilines is 1. The Morgan fingerprint density at radius 1 is 1.43 bits per heavy atom. The van der Waals surface area contributed by atoms with Crippen molar-refractivity contribution < 1.29 is 9.34 Å². The van der Waals surface area contributed by atoms with Crippen LogP contribution in [0.3, 0.4) is 0 Å². The maximum absolute atomic E-state index is 11.0. The Kier molecular flexibility index (Phi) is 5.14. The molecule has 0 radical (unpaired) electrons. The zero-order chi connectivity index (χ0) is 15.2. The van der Waals surface area contributed by atoms with Gasteiger partial charge in [-0.25, -0.2) is 0 Å². The van der Waals surface area contributed by atoms with Gasteiger partial charge >= 0.3 is 0 Å². The largest absolute Gasteiger partial charge is 0.423 e. The number of nitrogens with zero attached hydrogens (tertiary/aromatic N) is 2. The van der Waals surface area contributed by atoms with E-state index < -0.39 is 4.92 Å². The monoisotopic (exact) mass is 291 g/mol. The van der Waals surface area contributed by atoms with Crippen LogP contribution in [0.1, 0.15) is 39.5 Å². The topological polar surface area (TPSA) is 81.2 Å². The van der Waals surface area contributed by atoms with E-state index in [9.17, 15) is 10.1 Å². The third-order valence-corrected chi connectivity index (χ3v) is 3.68. The van der Waals surface area contributed by atoms with Crippen molar-refractivity contribution >= 4 is 22.8 Å². The Morgan fingerprint density at radius 2 is 2.24 bits per heavy atom. The maximum Gasteiger partial charge on any atom is 0.298 e. The first-order valence-electron chi connectivity index (χ1n) is 7.43. The van der Waals surface area contributed by atoms with Gasteiger partial charge in [-0.2, -0.15) is 4.98 Å². The number of non-ortho nitro benzene ring substituents is 1. The third kappa shape index (κ3) is 3.71. The fourth-order valence-electron chi connectivity index (χ4n) is 2.33. The van der Waals surface area contributed by atoms with Crippen LogP contribution in [0.15, 0.2) is 22.6 Å². The Labute approximate surface area is 123 Å². The fourth-order valence-corrected chi connectivity index (χ4v) is 2.33. The molecule has 0 amide bonds.